The fraction of sp³-hybridized carbons (Fsp3) is 0.161. The number of pyridine rings is 2. The Bertz CT molecular complexity index is 1720. The summed E-state index contributed by atoms with van der Waals surface area (Å²) in [5.74, 6) is 0.632. The predicted octanol–water partition coefficient (Wildman–Crippen LogP) is 6.18. The molecule has 3 aromatic heterocycles. The highest BCUT2D eigenvalue weighted by molar-refractivity contribution is 7.80. The number of hydrogen-bond donors (Lipinski definition) is 2. The highest BCUT2D eigenvalue weighted by Crippen LogP contribution is 2.39. The fourth-order valence-corrected chi connectivity index (χ4v) is 5.83. The van der Waals surface area contributed by atoms with Crippen molar-refractivity contribution in [1.29, 1.82) is 0 Å². The highest BCUT2D eigenvalue weighted by Gasteiger charge is 2.16. The number of aromatic nitrogens is 2. The van der Waals surface area contributed by atoms with E-state index in [0.29, 0.717) is 24.7 Å². The molecule has 2 aromatic carbocycles. The molecule has 212 valence electrons. The third-order valence-electron chi connectivity index (χ3n) is 6.61. The second-order valence-corrected chi connectivity index (χ2v) is 11.0. The first-order chi connectivity index (χ1) is 20.5. The van der Waals surface area contributed by atoms with E-state index >= 15 is 4.39 Å². The summed E-state index contributed by atoms with van der Waals surface area (Å²) in [5, 5.41) is 5.55. The number of halogens is 1. The Morgan fingerprint density at radius 2 is 1.86 bits per heavy atom. The third-order valence-corrected chi connectivity index (χ3v) is 8.01. The Hall–Kier alpha value is -4.45. The van der Waals surface area contributed by atoms with E-state index < -0.39 is 5.82 Å². The van der Waals surface area contributed by atoms with E-state index in [1.165, 1.54) is 23.5 Å². The van der Waals surface area contributed by atoms with Gasteiger partial charge in [-0.3, -0.25) is 9.78 Å². The van der Waals surface area contributed by atoms with Crippen LogP contribution in [0.15, 0.2) is 85.2 Å². The number of fused-ring (bicyclic) bond motifs is 1. The van der Waals surface area contributed by atoms with Gasteiger partial charge in [-0.05, 0) is 48.1 Å². The number of rotatable bonds is 7. The zero-order valence-electron chi connectivity index (χ0n) is 22.4. The highest BCUT2D eigenvalue weighted by atomic mass is 32.1. The lowest BCUT2D eigenvalue weighted by Gasteiger charge is -2.27. The summed E-state index contributed by atoms with van der Waals surface area (Å²) in [6.45, 7) is 3.06. The van der Waals surface area contributed by atoms with Gasteiger partial charge in [0.1, 0.15) is 11.6 Å². The molecule has 4 heterocycles. The van der Waals surface area contributed by atoms with Crippen LogP contribution >= 0.6 is 23.6 Å². The molecule has 0 saturated carbocycles. The van der Waals surface area contributed by atoms with Crippen molar-refractivity contribution in [2.45, 2.75) is 6.42 Å². The van der Waals surface area contributed by atoms with Gasteiger partial charge in [0.25, 0.3) is 0 Å². The van der Waals surface area contributed by atoms with Gasteiger partial charge < -0.3 is 25.0 Å². The number of hydrogen-bond acceptors (Lipinski definition) is 8. The maximum absolute atomic E-state index is 15.1. The van der Waals surface area contributed by atoms with Crippen molar-refractivity contribution in [2.24, 2.45) is 0 Å². The number of nitrogens with one attached hydrogen (secondary N) is 2. The molecule has 1 aliphatic rings. The molecule has 0 bridgehead atoms. The minimum Gasteiger partial charge on any atom is -0.453 e. The Morgan fingerprint density at radius 1 is 1.02 bits per heavy atom. The van der Waals surface area contributed by atoms with Gasteiger partial charge in [0.15, 0.2) is 16.7 Å². The maximum Gasteiger partial charge on any atom is 0.230 e. The summed E-state index contributed by atoms with van der Waals surface area (Å²) in [4.78, 5) is 24.6. The van der Waals surface area contributed by atoms with E-state index in [4.69, 9.17) is 21.7 Å². The summed E-state index contributed by atoms with van der Waals surface area (Å²) < 4.78 is 27.3. The molecule has 1 aliphatic heterocycles. The minimum atomic E-state index is -0.581. The second kappa shape index (κ2) is 12.6. The van der Waals surface area contributed by atoms with Crippen LogP contribution in [0.3, 0.4) is 0 Å². The zero-order valence-corrected chi connectivity index (χ0v) is 24.0. The molecule has 0 spiro atoms. The largest absolute Gasteiger partial charge is 0.453 e. The van der Waals surface area contributed by atoms with Crippen molar-refractivity contribution < 1.29 is 18.7 Å². The first-order valence-corrected chi connectivity index (χ1v) is 14.5. The summed E-state index contributed by atoms with van der Waals surface area (Å²) in [7, 11) is 0. The van der Waals surface area contributed by atoms with Crippen LogP contribution in [0.25, 0.3) is 20.7 Å². The molecule has 42 heavy (non-hydrogen) atoms. The topological polar surface area (TPSA) is 88.6 Å². The van der Waals surface area contributed by atoms with Crippen LogP contribution in [0.5, 0.6) is 11.5 Å². The Balaban J connectivity index is 1.12. The molecular formula is C31H26FN5O3S2. The molecule has 0 aliphatic carbocycles. The molecular weight excluding hydrogens is 574 g/mol. The van der Waals surface area contributed by atoms with E-state index in [2.05, 4.69) is 25.5 Å². The number of ether oxygens (including phenoxy) is 2. The number of benzene rings is 2. The van der Waals surface area contributed by atoms with Gasteiger partial charge in [0, 0.05) is 53.7 Å². The molecule has 11 heteroatoms. The fourth-order valence-electron chi connectivity index (χ4n) is 4.54. The molecule has 1 saturated heterocycles. The van der Waals surface area contributed by atoms with Crippen molar-refractivity contribution in [3.05, 3.63) is 96.6 Å². The van der Waals surface area contributed by atoms with Gasteiger partial charge in [0.2, 0.25) is 5.91 Å². The van der Waals surface area contributed by atoms with Crippen LogP contribution in [0.1, 0.15) is 5.56 Å². The van der Waals surface area contributed by atoms with Gasteiger partial charge in [-0.15, -0.1) is 11.3 Å². The third kappa shape index (κ3) is 6.54. The number of amides is 1. The molecule has 8 nitrogen and oxygen atoms in total. The van der Waals surface area contributed by atoms with Gasteiger partial charge >= 0.3 is 0 Å². The van der Waals surface area contributed by atoms with Crippen molar-refractivity contribution >= 4 is 56.3 Å². The lowest BCUT2D eigenvalue weighted by Crippen LogP contribution is -2.36. The van der Waals surface area contributed by atoms with Gasteiger partial charge in [-0.2, -0.15) is 0 Å². The normalized spacial score (nSPS) is 13.1. The Kier molecular flexibility index (Phi) is 8.31. The molecule has 0 atom stereocenters. The smallest absolute Gasteiger partial charge is 0.230 e. The van der Waals surface area contributed by atoms with Crippen LogP contribution in [0, 0.1) is 5.82 Å². The number of nitrogens with zero attached hydrogens (tertiary/aromatic N) is 3. The van der Waals surface area contributed by atoms with E-state index in [1.807, 2.05) is 54.7 Å². The molecule has 6 rings (SSSR count). The molecule has 5 aromatic rings. The van der Waals surface area contributed by atoms with Gasteiger partial charge in [-0.25, -0.2) is 9.37 Å². The maximum atomic E-state index is 15.1. The van der Waals surface area contributed by atoms with Crippen LogP contribution in [-0.4, -0.2) is 47.3 Å². The van der Waals surface area contributed by atoms with Crippen LogP contribution in [0.2, 0.25) is 0 Å². The molecule has 1 amide bonds. The molecule has 1 fully saturated rings. The van der Waals surface area contributed by atoms with Crippen LogP contribution in [-0.2, 0) is 16.0 Å². The van der Waals surface area contributed by atoms with E-state index in [9.17, 15) is 4.79 Å². The Morgan fingerprint density at radius 3 is 2.62 bits per heavy atom. The molecule has 2 N–H and O–H groups in total. The first kappa shape index (κ1) is 27.7. The summed E-state index contributed by atoms with van der Waals surface area (Å²) in [6.07, 6.45) is 3.68. The standard InChI is InChI=1S/C31H26FN5O3S2/c32-23-17-22(35-31(41)36-29(38)16-20-4-2-1-3-5-20)7-8-25(23)40-26-10-11-33-24-18-27(42-30(24)26)21-6-9-28(34-19-21)37-12-14-39-15-13-37/h1-11,17-19H,12-16H2,(H2,35,36,38,41). The molecule has 0 radical (unpaired) electrons. The average Bonchev–Trinajstić information content (AvgIpc) is 3.45. The first-order valence-electron chi connectivity index (χ1n) is 13.3. The summed E-state index contributed by atoms with van der Waals surface area (Å²) in [5.41, 5.74) is 2.97. The van der Waals surface area contributed by atoms with Crippen molar-refractivity contribution in [3.63, 3.8) is 0 Å². The zero-order chi connectivity index (χ0) is 28.9. The van der Waals surface area contributed by atoms with Crippen molar-refractivity contribution in [3.8, 4) is 21.9 Å². The monoisotopic (exact) mass is 599 g/mol. The number of carbonyl (C=O) groups is 1. The Labute approximate surface area is 251 Å². The summed E-state index contributed by atoms with van der Waals surface area (Å²) in [6, 6.07) is 21.5. The minimum absolute atomic E-state index is 0.0542. The number of morpholine rings is 1. The lowest BCUT2D eigenvalue weighted by atomic mass is 10.1. The molecule has 0 unspecified atom stereocenters. The summed E-state index contributed by atoms with van der Waals surface area (Å²) >= 11 is 6.74. The number of anilines is 2. The quantitative estimate of drug-likeness (QED) is 0.215. The lowest BCUT2D eigenvalue weighted by molar-refractivity contribution is -0.119. The number of carbonyl (C=O) groups excluding carboxylic acids is 1. The number of thiophene rings is 1. The van der Waals surface area contributed by atoms with Gasteiger partial charge in [0.05, 0.1) is 29.9 Å². The van der Waals surface area contributed by atoms with Gasteiger partial charge in [-0.1, -0.05) is 30.3 Å². The van der Waals surface area contributed by atoms with Crippen molar-refractivity contribution in [2.75, 3.05) is 36.5 Å². The van der Waals surface area contributed by atoms with Crippen LogP contribution < -0.4 is 20.3 Å². The number of thiocarbonyl (C=S) groups is 1. The second-order valence-electron chi connectivity index (χ2n) is 9.55. The SMILES string of the molecule is O=C(Cc1ccccc1)NC(=S)Nc1ccc(Oc2ccnc3cc(-c4ccc(N5CCOCC5)nc4)sc23)c(F)c1. The van der Waals surface area contributed by atoms with Crippen LogP contribution in [0.4, 0.5) is 15.9 Å². The predicted molar refractivity (Wildman–Crippen MR) is 167 cm³/mol. The van der Waals surface area contributed by atoms with E-state index in [-0.39, 0.29) is 23.2 Å². The van der Waals surface area contributed by atoms with Crippen molar-refractivity contribution in [1.82, 2.24) is 15.3 Å². The van der Waals surface area contributed by atoms with E-state index in [1.54, 1.807) is 18.3 Å². The van der Waals surface area contributed by atoms with E-state index in [0.717, 1.165) is 45.1 Å². The average molecular weight is 600 g/mol.